The lowest BCUT2D eigenvalue weighted by atomic mass is 10.0. The molecule has 1 heterocycles. The van der Waals surface area contributed by atoms with Crippen molar-refractivity contribution in [2.75, 3.05) is 6.26 Å². The van der Waals surface area contributed by atoms with Gasteiger partial charge < -0.3 is 24.0 Å². The van der Waals surface area contributed by atoms with Gasteiger partial charge in [-0.2, -0.15) is 4.57 Å². The lowest BCUT2D eigenvalue weighted by Gasteiger charge is -2.11. The first-order valence-corrected chi connectivity index (χ1v) is 10.8. The number of thioether (sulfide) groups is 1. The van der Waals surface area contributed by atoms with Gasteiger partial charge in [-0.1, -0.05) is 84.0 Å². The fourth-order valence-corrected chi connectivity index (χ4v) is 4.10. The normalized spacial score (nSPS) is 10.4. The fraction of sp³-hybridized carbons (Fsp3) is 0.0800. The Morgan fingerprint density at radius 2 is 1.31 bits per heavy atom. The number of hydrogen-bond donors (Lipinski definition) is 0. The van der Waals surface area contributed by atoms with E-state index in [-0.39, 0.29) is 24.0 Å². The maximum Gasteiger partial charge on any atom is 0.241 e. The lowest BCUT2D eigenvalue weighted by Crippen LogP contribution is -3.00. The number of pyridine rings is 1. The number of rotatable bonds is 5. The highest BCUT2D eigenvalue weighted by Crippen LogP contribution is 2.28. The van der Waals surface area contributed by atoms with Gasteiger partial charge in [0.25, 0.3) is 0 Å². The quantitative estimate of drug-likeness (QED) is 0.216. The van der Waals surface area contributed by atoms with Crippen molar-refractivity contribution in [2.45, 2.75) is 11.6 Å². The van der Waals surface area contributed by atoms with E-state index in [1.54, 1.807) is 11.8 Å². The lowest BCUT2D eigenvalue weighted by molar-refractivity contribution is -0.714. The minimum absolute atomic E-state index is 0. The first kappa shape index (κ1) is 21.9. The molecule has 0 amide bonds. The van der Waals surface area contributed by atoms with Crippen molar-refractivity contribution in [1.82, 2.24) is 0 Å². The van der Waals surface area contributed by atoms with Crippen molar-refractivity contribution < 1.29 is 28.5 Å². The summed E-state index contributed by atoms with van der Waals surface area (Å²) >= 11 is 7.85. The zero-order valence-corrected chi connectivity index (χ0v) is 19.8. The van der Waals surface area contributed by atoms with E-state index >= 15 is 0 Å². The van der Waals surface area contributed by atoms with E-state index in [1.807, 2.05) is 12.1 Å². The molecule has 4 rings (SSSR count). The zero-order valence-electron chi connectivity index (χ0n) is 16.1. The maximum atomic E-state index is 6.08. The van der Waals surface area contributed by atoms with Crippen molar-refractivity contribution in [3.8, 4) is 22.4 Å². The molecule has 0 radical (unpaired) electrons. The van der Waals surface area contributed by atoms with E-state index in [1.165, 1.54) is 33.0 Å². The molecule has 0 aliphatic heterocycles. The Balaban J connectivity index is 0.00000240. The van der Waals surface area contributed by atoms with Crippen LogP contribution >= 0.6 is 23.4 Å². The Morgan fingerprint density at radius 1 is 0.724 bits per heavy atom. The highest BCUT2D eigenvalue weighted by molar-refractivity contribution is 7.98. The highest BCUT2D eigenvalue weighted by atomic mass is 127. The Morgan fingerprint density at radius 3 is 1.90 bits per heavy atom. The minimum atomic E-state index is 0. The standard InChI is InChI=1S/C25H21ClNS.HI/c1-28-25-17-22(20-8-4-2-5-9-20)16-24(21-10-6-3-7-11-21)27(25)18-19-12-14-23(26)15-13-19;/h2-17H,18H2,1H3;1H/q+1;/p-1. The number of halogens is 2. The summed E-state index contributed by atoms with van der Waals surface area (Å²) < 4.78 is 2.38. The van der Waals surface area contributed by atoms with Crippen molar-refractivity contribution >= 4 is 23.4 Å². The largest absolute Gasteiger partial charge is 1.00 e. The van der Waals surface area contributed by atoms with E-state index < -0.39 is 0 Å². The summed E-state index contributed by atoms with van der Waals surface area (Å²) in [5.41, 5.74) is 6.12. The van der Waals surface area contributed by atoms with Crippen LogP contribution in [0.3, 0.4) is 0 Å². The van der Waals surface area contributed by atoms with Crippen LogP contribution in [0.5, 0.6) is 0 Å². The van der Waals surface area contributed by atoms with E-state index in [0.29, 0.717) is 0 Å². The minimum Gasteiger partial charge on any atom is -1.00 e. The summed E-state index contributed by atoms with van der Waals surface area (Å²) in [5.74, 6) is 0. The number of benzene rings is 3. The highest BCUT2D eigenvalue weighted by Gasteiger charge is 2.21. The summed E-state index contributed by atoms with van der Waals surface area (Å²) in [6, 6.07) is 33.8. The first-order valence-electron chi connectivity index (χ1n) is 9.22. The Hall–Kier alpha value is -1.82. The SMILES string of the molecule is CSc1cc(-c2ccccc2)cc(-c2ccccc2)[n+]1Cc1ccc(Cl)cc1.[I-]. The Bertz CT molecular complexity index is 1070. The average Bonchev–Trinajstić information content (AvgIpc) is 2.76. The van der Waals surface area contributed by atoms with Crippen LogP contribution in [0.1, 0.15) is 5.56 Å². The van der Waals surface area contributed by atoms with Gasteiger partial charge in [0.15, 0.2) is 6.54 Å². The van der Waals surface area contributed by atoms with Crippen molar-refractivity contribution in [2.24, 2.45) is 0 Å². The van der Waals surface area contributed by atoms with Crippen molar-refractivity contribution in [3.63, 3.8) is 0 Å². The summed E-state index contributed by atoms with van der Waals surface area (Å²) in [4.78, 5) is 0. The molecule has 0 N–H and O–H groups in total. The molecular weight excluding hydrogens is 509 g/mol. The monoisotopic (exact) mass is 529 g/mol. The van der Waals surface area contributed by atoms with Gasteiger partial charge in [0, 0.05) is 28.3 Å². The number of aromatic nitrogens is 1. The topological polar surface area (TPSA) is 3.88 Å². The van der Waals surface area contributed by atoms with Crippen LogP contribution in [0, 0.1) is 0 Å². The molecule has 3 aromatic carbocycles. The second-order valence-electron chi connectivity index (χ2n) is 6.62. The first-order chi connectivity index (χ1) is 13.7. The predicted octanol–water partition coefficient (Wildman–Crippen LogP) is 3.74. The van der Waals surface area contributed by atoms with Crippen LogP contribution in [0.15, 0.2) is 102 Å². The number of nitrogens with zero attached hydrogens (tertiary/aromatic N) is 1. The molecule has 0 fully saturated rings. The third kappa shape index (κ3) is 5.21. The molecule has 0 aliphatic carbocycles. The van der Waals surface area contributed by atoms with Gasteiger partial charge in [-0.25, -0.2) is 0 Å². The van der Waals surface area contributed by atoms with E-state index in [4.69, 9.17) is 11.6 Å². The summed E-state index contributed by atoms with van der Waals surface area (Å²) in [5, 5.41) is 2.00. The third-order valence-electron chi connectivity index (χ3n) is 4.77. The van der Waals surface area contributed by atoms with Crippen LogP contribution in [-0.4, -0.2) is 6.26 Å². The van der Waals surface area contributed by atoms with E-state index in [9.17, 15) is 0 Å². The molecule has 4 aromatic rings. The molecule has 1 nitrogen and oxygen atoms in total. The second-order valence-corrected chi connectivity index (χ2v) is 7.88. The molecule has 1 aromatic heterocycles. The summed E-state index contributed by atoms with van der Waals surface area (Å²) in [7, 11) is 0. The van der Waals surface area contributed by atoms with Crippen LogP contribution < -0.4 is 28.5 Å². The van der Waals surface area contributed by atoms with Crippen LogP contribution in [0.2, 0.25) is 5.02 Å². The van der Waals surface area contributed by atoms with Crippen LogP contribution in [0.4, 0.5) is 0 Å². The summed E-state index contributed by atoms with van der Waals surface area (Å²) in [6.45, 7) is 0.798. The molecule has 29 heavy (non-hydrogen) atoms. The van der Waals surface area contributed by atoms with Gasteiger partial charge in [0.1, 0.15) is 0 Å². The van der Waals surface area contributed by atoms with Gasteiger partial charge in [0.2, 0.25) is 10.7 Å². The Kier molecular flexibility index (Phi) is 7.76. The smallest absolute Gasteiger partial charge is 0.241 e. The molecule has 0 spiro atoms. The van der Waals surface area contributed by atoms with Gasteiger partial charge in [0.05, 0.1) is 0 Å². The Labute approximate surface area is 198 Å². The average molecular weight is 530 g/mol. The zero-order chi connectivity index (χ0) is 19.3. The van der Waals surface area contributed by atoms with Crippen LogP contribution in [-0.2, 0) is 6.54 Å². The molecule has 4 heteroatoms. The molecule has 0 atom stereocenters. The van der Waals surface area contributed by atoms with Crippen LogP contribution in [0.25, 0.3) is 22.4 Å². The van der Waals surface area contributed by atoms with Gasteiger partial charge >= 0.3 is 0 Å². The predicted molar refractivity (Wildman–Crippen MR) is 120 cm³/mol. The van der Waals surface area contributed by atoms with E-state index in [0.717, 1.165) is 11.6 Å². The second kappa shape index (κ2) is 10.3. The molecule has 0 bridgehead atoms. The van der Waals surface area contributed by atoms with Gasteiger partial charge in [-0.15, -0.1) is 0 Å². The van der Waals surface area contributed by atoms with E-state index in [2.05, 4.69) is 95.8 Å². The molecule has 146 valence electrons. The molecule has 0 saturated heterocycles. The molecule has 0 saturated carbocycles. The number of hydrogen-bond acceptors (Lipinski definition) is 1. The third-order valence-corrected chi connectivity index (χ3v) is 5.78. The molecule has 0 aliphatic rings. The molecule has 0 unspecified atom stereocenters. The molecular formula is C25H21ClINS. The van der Waals surface area contributed by atoms with Crippen molar-refractivity contribution in [1.29, 1.82) is 0 Å². The van der Waals surface area contributed by atoms with Gasteiger partial charge in [-0.05, 0) is 41.6 Å². The van der Waals surface area contributed by atoms with Crippen molar-refractivity contribution in [3.05, 3.63) is 108 Å². The summed E-state index contributed by atoms with van der Waals surface area (Å²) in [6.07, 6.45) is 2.14. The maximum absolute atomic E-state index is 6.08. The fourth-order valence-electron chi connectivity index (χ4n) is 3.35. The van der Waals surface area contributed by atoms with Gasteiger partial charge in [-0.3, -0.25) is 0 Å².